The minimum absolute atomic E-state index is 0.115. The number of rotatable bonds is 8. The van der Waals surface area contributed by atoms with Gasteiger partial charge in [-0.25, -0.2) is 24.0 Å². The van der Waals surface area contributed by atoms with E-state index in [1.54, 1.807) is 19.4 Å². The third-order valence-corrected chi connectivity index (χ3v) is 7.20. The summed E-state index contributed by atoms with van der Waals surface area (Å²) in [6.07, 6.45) is 6.57. The van der Waals surface area contributed by atoms with Crippen LogP contribution in [0.3, 0.4) is 0 Å². The van der Waals surface area contributed by atoms with E-state index < -0.39 is 11.4 Å². The number of aromatic amines is 1. The van der Waals surface area contributed by atoms with Gasteiger partial charge in [-0.15, -0.1) is 0 Å². The summed E-state index contributed by atoms with van der Waals surface area (Å²) in [6.45, 7) is 5.78. The maximum Gasteiger partial charge on any atom is 0.252 e. The van der Waals surface area contributed by atoms with Crippen molar-refractivity contribution < 1.29 is 13.9 Å². The van der Waals surface area contributed by atoms with E-state index in [1.807, 2.05) is 39.0 Å². The number of nitrogens with zero attached hydrogens (tertiary/aromatic N) is 6. The first-order valence-electron chi connectivity index (χ1n) is 12.9. The van der Waals surface area contributed by atoms with Crippen LogP contribution in [-0.4, -0.2) is 53.5 Å². The predicted octanol–water partition coefficient (Wildman–Crippen LogP) is 4.20. The number of halogens is 1. The van der Waals surface area contributed by atoms with Crippen LogP contribution in [0.25, 0.3) is 5.82 Å². The van der Waals surface area contributed by atoms with Gasteiger partial charge in [-0.2, -0.15) is 10.2 Å². The number of aromatic nitrogens is 7. The normalized spacial score (nSPS) is 20.0. The molecule has 4 aromatic heterocycles. The summed E-state index contributed by atoms with van der Waals surface area (Å²) in [5, 5.41) is 17.4. The summed E-state index contributed by atoms with van der Waals surface area (Å²) < 4.78 is 20.5. The number of ether oxygens (including phenoxy) is 1. The lowest BCUT2D eigenvalue weighted by atomic mass is 9.77. The highest BCUT2D eigenvalue weighted by Gasteiger charge is 2.43. The second-order valence-corrected chi connectivity index (χ2v) is 10.0. The van der Waals surface area contributed by atoms with Crippen LogP contribution in [-0.2, 0) is 9.53 Å². The Morgan fingerprint density at radius 3 is 2.59 bits per heavy atom. The molecule has 1 aliphatic rings. The molecule has 0 radical (unpaired) electrons. The summed E-state index contributed by atoms with van der Waals surface area (Å²) in [7, 11) is 1.58. The maximum atomic E-state index is 13.4. The van der Waals surface area contributed by atoms with Crippen LogP contribution in [0.1, 0.15) is 67.3 Å². The molecule has 12 heteroatoms. The second kappa shape index (κ2) is 10.9. The zero-order chi connectivity index (χ0) is 27.6. The topological polar surface area (TPSA) is 136 Å². The molecule has 0 aliphatic heterocycles. The third kappa shape index (κ3) is 5.80. The SMILES string of the molecule is CO[C@]1(C(=O)N[C@@H](C)c2ccc(-n3cc(F)cn3)nc2)CC[C@@H](c2nc(C)cc(Nc3cc(C)[nH]n3)n2)CC1. The van der Waals surface area contributed by atoms with Crippen LogP contribution in [0.15, 0.2) is 42.9 Å². The zero-order valence-corrected chi connectivity index (χ0v) is 22.4. The van der Waals surface area contributed by atoms with Gasteiger partial charge in [-0.3, -0.25) is 9.89 Å². The molecule has 1 atom stereocenters. The molecule has 204 valence electrons. The quantitative estimate of drug-likeness (QED) is 0.307. The number of carbonyl (C=O) groups excluding carboxylic acids is 1. The molecule has 39 heavy (non-hydrogen) atoms. The molecule has 11 nitrogen and oxygen atoms in total. The average Bonchev–Trinajstić information content (AvgIpc) is 3.55. The van der Waals surface area contributed by atoms with Gasteiger partial charge in [0.05, 0.1) is 18.4 Å². The fraction of sp³-hybridized carbons (Fsp3) is 0.407. The van der Waals surface area contributed by atoms with Crippen molar-refractivity contribution in [3.8, 4) is 5.82 Å². The first kappa shape index (κ1) is 26.4. The Hall–Kier alpha value is -4.19. The number of methoxy groups -OCH3 is 1. The molecular weight excluding hydrogens is 501 g/mol. The Morgan fingerprint density at radius 2 is 1.97 bits per heavy atom. The zero-order valence-electron chi connectivity index (χ0n) is 22.4. The smallest absolute Gasteiger partial charge is 0.252 e. The number of nitrogens with one attached hydrogen (secondary N) is 3. The second-order valence-electron chi connectivity index (χ2n) is 10.0. The van der Waals surface area contributed by atoms with Crippen molar-refractivity contribution in [2.24, 2.45) is 0 Å². The summed E-state index contributed by atoms with van der Waals surface area (Å²) in [5.41, 5.74) is 1.71. The van der Waals surface area contributed by atoms with E-state index in [1.165, 1.54) is 10.9 Å². The average molecular weight is 534 g/mol. The van der Waals surface area contributed by atoms with Gasteiger partial charge in [0.25, 0.3) is 5.91 Å². The molecule has 5 rings (SSSR count). The van der Waals surface area contributed by atoms with Gasteiger partial charge in [0.1, 0.15) is 17.2 Å². The van der Waals surface area contributed by atoms with Crippen LogP contribution in [0.4, 0.5) is 16.0 Å². The van der Waals surface area contributed by atoms with E-state index in [9.17, 15) is 9.18 Å². The Kier molecular flexibility index (Phi) is 7.38. The highest BCUT2D eigenvalue weighted by molar-refractivity contribution is 5.85. The van der Waals surface area contributed by atoms with Crippen molar-refractivity contribution in [1.29, 1.82) is 0 Å². The number of hydrogen-bond acceptors (Lipinski definition) is 8. The van der Waals surface area contributed by atoms with Crippen molar-refractivity contribution >= 4 is 17.5 Å². The Balaban J connectivity index is 1.22. The summed E-state index contributed by atoms with van der Waals surface area (Å²) in [5.74, 6) is 2.16. The molecule has 0 aromatic carbocycles. The van der Waals surface area contributed by atoms with Crippen LogP contribution in [0, 0.1) is 19.7 Å². The number of anilines is 2. The monoisotopic (exact) mass is 533 g/mol. The molecule has 1 fully saturated rings. The molecule has 0 saturated heterocycles. The van der Waals surface area contributed by atoms with Gasteiger partial charge in [-0.1, -0.05) is 6.07 Å². The van der Waals surface area contributed by atoms with Gasteiger partial charge < -0.3 is 15.4 Å². The predicted molar refractivity (Wildman–Crippen MR) is 142 cm³/mol. The van der Waals surface area contributed by atoms with E-state index in [-0.39, 0.29) is 17.9 Å². The van der Waals surface area contributed by atoms with Crippen LogP contribution in [0.2, 0.25) is 0 Å². The highest BCUT2D eigenvalue weighted by Crippen LogP contribution is 2.39. The first-order chi connectivity index (χ1) is 18.7. The lowest BCUT2D eigenvalue weighted by Crippen LogP contribution is -2.50. The van der Waals surface area contributed by atoms with Crippen LogP contribution >= 0.6 is 0 Å². The van der Waals surface area contributed by atoms with Gasteiger partial charge in [0.2, 0.25) is 0 Å². The molecule has 3 N–H and O–H groups in total. The van der Waals surface area contributed by atoms with Gasteiger partial charge in [0.15, 0.2) is 17.5 Å². The highest BCUT2D eigenvalue weighted by atomic mass is 19.1. The van der Waals surface area contributed by atoms with E-state index in [2.05, 4.69) is 35.9 Å². The van der Waals surface area contributed by atoms with Crippen molar-refractivity contribution in [2.75, 3.05) is 12.4 Å². The Bertz CT molecular complexity index is 1440. The molecular formula is C27H32FN9O2. The minimum atomic E-state index is -0.928. The maximum absolute atomic E-state index is 13.4. The van der Waals surface area contributed by atoms with Crippen LogP contribution < -0.4 is 10.6 Å². The number of amides is 1. The van der Waals surface area contributed by atoms with Gasteiger partial charge in [0, 0.05) is 42.7 Å². The van der Waals surface area contributed by atoms with Gasteiger partial charge in [-0.05, 0) is 58.1 Å². The lowest BCUT2D eigenvalue weighted by molar-refractivity contribution is -0.148. The Labute approximate surface area is 225 Å². The molecule has 0 unspecified atom stereocenters. The van der Waals surface area contributed by atoms with E-state index in [4.69, 9.17) is 9.72 Å². The van der Waals surface area contributed by atoms with Crippen molar-refractivity contribution in [2.45, 2.75) is 64.0 Å². The molecule has 1 aliphatic carbocycles. The molecule has 1 amide bonds. The number of carbonyl (C=O) groups is 1. The number of H-pyrrole nitrogens is 1. The summed E-state index contributed by atoms with van der Waals surface area (Å²) in [6, 6.07) is 7.08. The fourth-order valence-corrected chi connectivity index (χ4v) is 4.94. The first-order valence-corrected chi connectivity index (χ1v) is 12.9. The third-order valence-electron chi connectivity index (χ3n) is 7.20. The Morgan fingerprint density at radius 1 is 1.18 bits per heavy atom. The molecule has 0 bridgehead atoms. The van der Waals surface area contributed by atoms with Crippen LogP contribution in [0.5, 0.6) is 0 Å². The summed E-state index contributed by atoms with van der Waals surface area (Å²) >= 11 is 0. The van der Waals surface area contributed by atoms with Crippen molar-refractivity contribution in [1.82, 2.24) is 40.2 Å². The lowest BCUT2D eigenvalue weighted by Gasteiger charge is -2.38. The number of hydrogen-bond donors (Lipinski definition) is 3. The van der Waals surface area contributed by atoms with E-state index in [0.717, 1.165) is 41.8 Å². The molecule has 0 spiro atoms. The number of pyridine rings is 1. The fourth-order valence-electron chi connectivity index (χ4n) is 4.94. The minimum Gasteiger partial charge on any atom is -0.368 e. The molecule has 1 saturated carbocycles. The number of aryl methyl sites for hydroxylation is 2. The van der Waals surface area contributed by atoms with Crippen molar-refractivity contribution in [3.63, 3.8) is 0 Å². The van der Waals surface area contributed by atoms with Crippen molar-refractivity contribution in [3.05, 3.63) is 71.4 Å². The largest absolute Gasteiger partial charge is 0.368 e. The summed E-state index contributed by atoms with van der Waals surface area (Å²) in [4.78, 5) is 27.2. The van der Waals surface area contributed by atoms with E-state index in [0.29, 0.717) is 30.3 Å². The van der Waals surface area contributed by atoms with Gasteiger partial charge >= 0.3 is 0 Å². The standard InChI is InChI=1S/C27H32FN9O2/c1-16-11-22(33-23-12-17(2)35-36-23)34-25(31-16)19-7-9-27(39-4,10-8-19)26(38)32-18(3)20-5-6-24(29-13-20)37-15-21(28)14-30-37/h5-6,11-15,18-19H,7-10H2,1-4H3,(H,32,38)(H2,31,33,34,35,36)/t18-,19-,27-/m0/s1. The molecule has 4 heterocycles. The van der Waals surface area contributed by atoms with E-state index >= 15 is 0 Å². The molecule has 4 aromatic rings.